The van der Waals surface area contributed by atoms with E-state index in [4.69, 9.17) is 9.47 Å². The van der Waals surface area contributed by atoms with E-state index in [0.717, 1.165) is 40.2 Å². The zero-order valence-corrected chi connectivity index (χ0v) is 16.1. The molecule has 0 bridgehead atoms. The molecule has 138 valence electrons. The molecule has 0 radical (unpaired) electrons. The molecule has 3 aromatic carbocycles. The molecule has 2 nitrogen and oxygen atoms in total. The third-order valence-corrected chi connectivity index (χ3v) is 4.43. The van der Waals surface area contributed by atoms with Gasteiger partial charge in [-0.2, -0.15) is 0 Å². The van der Waals surface area contributed by atoms with E-state index in [-0.39, 0.29) is 0 Å². The van der Waals surface area contributed by atoms with Gasteiger partial charge in [-0.05, 0) is 54.7 Å². The predicted octanol–water partition coefficient (Wildman–Crippen LogP) is 6.55. The first-order valence-electron chi connectivity index (χ1n) is 9.46. The van der Waals surface area contributed by atoms with Crippen LogP contribution in [0.25, 0.3) is 22.3 Å². The number of rotatable bonds is 8. The molecular weight excluding hydrogens is 332 g/mol. The van der Waals surface area contributed by atoms with Crippen LogP contribution in [0.5, 0.6) is 11.5 Å². The van der Waals surface area contributed by atoms with Crippen LogP contribution in [-0.2, 0) is 6.42 Å². The van der Waals surface area contributed by atoms with E-state index in [1.807, 2.05) is 38.1 Å². The second kappa shape index (κ2) is 9.09. The highest BCUT2D eigenvalue weighted by Crippen LogP contribution is 2.42. The molecule has 0 fully saturated rings. The van der Waals surface area contributed by atoms with Crippen molar-refractivity contribution >= 4 is 0 Å². The highest BCUT2D eigenvalue weighted by Gasteiger charge is 2.17. The van der Waals surface area contributed by atoms with E-state index in [1.54, 1.807) is 0 Å². The van der Waals surface area contributed by atoms with E-state index in [9.17, 15) is 0 Å². The summed E-state index contributed by atoms with van der Waals surface area (Å²) in [7, 11) is 0. The highest BCUT2D eigenvalue weighted by atomic mass is 16.5. The van der Waals surface area contributed by atoms with Crippen molar-refractivity contribution in [1.29, 1.82) is 0 Å². The maximum Gasteiger partial charge on any atom is 0.131 e. The summed E-state index contributed by atoms with van der Waals surface area (Å²) in [6, 6.07) is 23.0. The normalized spacial score (nSPS) is 10.4. The van der Waals surface area contributed by atoms with Crippen LogP contribution in [0, 0.1) is 0 Å². The maximum absolute atomic E-state index is 6.14. The molecule has 0 aromatic heterocycles. The molecule has 0 N–H and O–H groups in total. The van der Waals surface area contributed by atoms with Gasteiger partial charge in [-0.3, -0.25) is 0 Å². The monoisotopic (exact) mass is 358 g/mol. The Kier molecular flexibility index (Phi) is 6.32. The molecule has 0 aliphatic heterocycles. The van der Waals surface area contributed by atoms with Crippen molar-refractivity contribution in [1.82, 2.24) is 0 Å². The summed E-state index contributed by atoms with van der Waals surface area (Å²) in [5.74, 6) is 1.81. The lowest BCUT2D eigenvalue weighted by Crippen LogP contribution is -2.01. The second-order valence-corrected chi connectivity index (χ2v) is 6.23. The summed E-state index contributed by atoms with van der Waals surface area (Å²) < 4.78 is 11.7. The van der Waals surface area contributed by atoms with Gasteiger partial charge in [0.15, 0.2) is 0 Å². The fourth-order valence-corrected chi connectivity index (χ4v) is 3.28. The van der Waals surface area contributed by atoms with Crippen LogP contribution in [-0.4, -0.2) is 13.2 Å². The summed E-state index contributed by atoms with van der Waals surface area (Å²) >= 11 is 0. The van der Waals surface area contributed by atoms with Gasteiger partial charge < -0.3 is 9.47 Å². The molecule has 3 aromatic rings. The number of hydrogen-bond donors (Lipinski definition) is 0. The van der Waals surface area contributed by atoms with Crippen molar-refractivity contribution in [3.05, 3.63) is 84.9 Å². The molecule has 0 heterocycles. The molecule has 27 heavy (non-hydrogen) atoms. The van der Waals surface area contributed by atoms with Crippen LogP contribution >= 0.6 is 0 Å². The van der Waals surface area contributed by atoms with E-state index in [0.29, 0.717) is 13.2 Å². The van der Waals surface area contributed by atoms with Gasteiger partial charge in [0.25, 0.3) is 0 Å². The Balaban J connectivity index is 2.22. The average Bonchev–Trinajstić information content (AvgIpc) is 2.71. The zero-order valence-electron chi connectivity index (χ0n) is 16.1. The molecule has 0 spiro atoms. The van der Waals surface area contributed by atoms with Crippen LogP contribution < -0.4 is 9.47 Å². The van der Waals surface area contributed by atoms with E-state index in [1.165, 1.54) is 5.56 Å². The van der Waals surface area contributed by atoms with Crippen molar-refractivity contribution < 1.29 is 9.47 Å². The topological polar surface area (TPSA) is 18.5 Å². The fraction of sp³-hybridized carbons (Fsp3) is 0.200. The standard InChI is InChI=1S/C25H26O2/c1-4-10-21-15-18-23(19-11-8-7-9-12-19)24(25(21)27-6-3)20-13-16-22(17-14-20)26-5-2/h4,7-9,11-18H,1,5-6,10H2,2-3H3. The minimum atomic E-state index is 0.617. The third kappa shape index (κ3) is 4.22. The van der Waals surface area contributed by atoms with Crippen LogP contribution in [0.4, 0.5) is 0 Å². The van der Waals surface area contributed by atoms with Crippen LogP contribution in [0.2, 0.25) is 0 Å². The Morgan fingerprint density at radius 2 is 1.48 bits per heavy atom. The Morgan fingerprint density at radius 1 is 0.778 bits per heavy atom. The number of benzene rings is 3. The van der Waals surface area contributed by atoms with E-state index >= 15 is 0 Å². The Bertz CT molecular complexity index is 880. The molecule has 0 aliphatic carbocycles. The van der Waals surface area contributed by atoms with E-state index in [2.05, 4.69) is 55.1 Å². The van der Waals surface area contributed by atoms with Gasteiger partial charge in [0.2, 0.25) is 0 Å². The molecule has 2 heteroatoms. The second-order valence-electron chi connectivity index (χ2n) is 6.23. The minimum absolute atomic E-state index is 0.617. The number of hydrogen-bond acceptors (Lipinski definition) is 2. The number of allylic oxidation sites excluding steroid dienone is 1. The molecule has 0 atom stereocenters. The van der Waals surface area contributed by atoms with Gasteiger partial charge in [-0.1, -0.05) is 60.7 Å². The first-order valence-corrected chi connectivity index (χ1v) is 9.46. The average molecular weight is 358 g/mol. The Hall–Kier alpha value is -3.00. The maximum atomic E-state index is 6.14. The summed E-state index contributed by atoms with van der Waals surface area (Å²) in [4.78, 5) is 0. The molecular formula is C25H26O2. The van der Waals surface area contributed by atoms with Crippen molar-refractivity contribution in [3.8, 4) is 33.8 Å². The molecule has 0 unspecified atom stereocenters. The molecule has 0 saturated carbocycles. The zero-order chi connectivity index (χ0) is 19.1. The summed E-state index contributed by atoms with van der Waals surface area (Å²) in [5.41, 5.74) is 5.72. The molecule has 3 rings (SSSR count). The van der Waals surface area contributed by atoms with Gasteiger partial charge in [0, 0.05) is 5.56 Å². The summed E-state index contributed by atoms with van der Waals surface area (Å²) in [6.07, 6.45) is 2.69. The van der Waals surface area contributed by atoms with Gasteiger partial charge in [0.1, 0.15) is 11.5 Å². The van der Waals surface area contributed by atoms with Crippen LogP contribution in [0.15, 0.2) is 79.4 Å². The third-order valence-electron chi connectivity index (χ3n) is 4.43. The minimum Gasteiger partial charge on any atom is -0.494 e. The number of ether oxygens (including phenoxy) is 2. The van der Waals surface area contributed by atoms with Crippen LogP contribution in [0.1, 0.15) is 19.4 Å². The fourth-order valence-electron chi connectivity index (χ4n) is 3.28. The van der Waals surface area contributed by atoms with Crippen LogP contribution in [0.3, 0.4) is 0 Å². The van der Waals surface area contributed by atoms with Crippen molar-refractivity contribution in [2.45, 2.75) is 20.3 Å². The van der Waals surface area contributed by atoms with E-state index < -0.39 is 0 Å². The Labute approximate surface area is 162 Å². The first kappa shape index (κ1) is 18.8. The highest BCUT2D eigenvalue weighted by molar-refractivity contribution is 5.88. The molecule has 0 aliphatic rings. The van der Waals surface area contributed by atoms with Gasteiger partial charge in [0.05, 0.1) is 13.2 Å². The smallest absolute Gasteiger partial charge is 0.131 e. The SMILES string of the molecule is C=CCc1ccc(-c2ccccc2)c(-c2ccc(OCC)cc2)c1OCC. The molecule has 0 amide bonds. The largest absolute Gasteiger partial charge is 0.494 e. The summed E-state index contributed by atoms with van der Waals surface area (Å²) in [5, 5.41) is 0. The summed E-state index contributed by atoms with van der Waals surface area (Å²) in [6.45, 7) is 9.19. The quantitative estimate of drug-likeness (QED) is 0.425. The molecule has 0 saturated heterocycles. The van der Waals surface area contributed by atoms with Gasteiger partial charge in [-0.15, -0.1) is 6.58 Å². The van der Waals surface area contributed by atoms with Gasteiger partial charge in [-0.25, -0.2) is 0 Å². The van der Waals surface area contributed by atoms with Crippen molar-refractivity contribution in [3.63, 3.8) is 0 Å². The Morgan fingerprint density at radius 3 is 2.11 bits per heavy atom. The predicted molar refractivity (Wildman–Crippen MR) is 114 cm³/mol. The lowest BCUT2D eigenvalue weighted by Gasteiger charge is -2.19. The first-order chi connectivity index (χ1) is 13.3. The van der Waals surface area contributed by atoms with Crippen molar-refractivity contribution in [2.24, 2.45) is 0 Å². The lowest BCUT2D eigenvalue weighted by molar-refractivity contribution is 0.338. The van der Waals surface area contributed by atoms with Crippen molar-refractivity contribution in [2.75, 3.05) is 13.2 Å². The van der Waals surface area contributed by atoms with Gasteiger partial charge >= 0.3 is 0 Å². The lowest BCUT2D eigenvalue weighted by atomic mass is 9.90.